The Hall–Kier alpha value is -2.70. The fraction of sp³-hybridized carbons (Fsp3) is 0.286. The second kappa shape index (κ2) is 5.74. The van der Waals surface area contributed by atoms with Gasteiger partial charge in [0.2, 0.25) is 0 Å². The Morgan fingerprint density at radius 1 is 1.29 bits per heavy atom. The van der Waals surface area contributed by atoms with E-state index in [0.29, 0.717) is 29.9 Å². The normalized spacial score (nSPS) is 10.6. The molecule has 7 heteroatoms. The van der Waals surface area contributed by atoms with Gasteiger partial charge in [-0.1, -0.05) is 13.8 Å². The number of hydrogen-bond acceptors (Lipinski definition) is 4. The Morgan fingerprint density at radius 3 is 2.33 bits per heavy atom. The summed E-state index contributed by atoms with van der Waals surface area (Å²) in [5, 5.41) is 24.3. The molecule has 1 N–H and O–H groups in total. The first kappa shape index (κ1) is 14.7. The van der Waals surface area contributed by atoms with Crippen LogP contribution in [-0.2, 0) is 12.8 Å². The van der Waals surface area contributed by atoms with Gasteiger partial charge in [-0.3, -0.25) is 10.1 Å². The molecule has 110 valence electrons. The van der Waals surface area contributed by atoms with Gasteiger partial charge in [-0.15, -0.1) is 0 Å². The van der Waals surface area contributed by atoms with Crippen molar-refractivity contribution in [1.82, 2.24) is 9.78 Å². The summed E-state index contributed by atoms with van der Waals surface area (Å²) in [6.45, 7) is 3.69. The second-order valence-corrected chi connectivity index (χ2v) is 4.47. The molecule has 0 aliphatic heterocycles. The lowest BCUT2D eigenvalue weighted by Gasteiger charge is -2.06. The molecule has 0 atom stereocenters. The van der Waals surface area contributed by atoms with Crippen molar-refractivity contribution in [2.24, 2.45) is 0 Å². The van der Waals surface area contributed by atoms with E-state index in [1.165, 1.54) is 12.1 Å². The van der Waals surface area contributed by atoms with Gasteiger partial charge in [0, 0.05) is 12.1 Å². The summed E-state index contributed by atoms with van der Waals surface area (Å²) in [6.07, 6.45) is 1.01. The minimum atomic E-state index is -1.00. The van der Waals surface area contributed by atoms with Gasteiger partial charge < -0.3 is 5.11 Å². The third-order valence-corrected chi connectivity index (χ3v) is 3.24. The molecule has 1 aromatic heterocycles. The standard InChI is InChI=1S/C14H15N3O4/c1-3-11-13(14(18)19)12(4-2)16(15-11)9-5-7-10(8-6-9)17(20)21/h5-8H,3-4H2,1-2H3,(H,18,19). The third-order valence-electron chi connectivity index (χ3n) is 3.24. The first-order chi connectivity index (χ1) is 9.99. The summed E-state index contributed by atoms with van der Waals surface area (Å²) < 4.78 is 1.55. The first-order valence-corrected chi connectivity index (χ1v) is 6.58. The summed E-state index contributed by atoms with van der Waals surface area (Å²) in [4.78, 5) is 21.6. The van der Waals surface area contributed by atoms with Gasteiger partial charge in [0.25, 0.3) is 5.69 Å². The Labute approximate surface area is 121 Å². The second-order valence-electron chi connectivity index (χ2n) is 4.47. The summed E-state index contributed by atoms with van der Waals surface area (Å²) >= 11 is 0. The number of nitrogens with zero attached hydrogens (tertiary/aromatic N) is 3. The molecule has 2 rings (SSSR count). The highest BCUT2D eigenvalue weighted by atomic mass is 16.6. The van der Waals surface area contributed by atoms with Gasteiger partial charge in [0.05, 0.1) is 22.0 Å². The number of benzene rings is 1. The first-order valence-electron chi connectivity index (χ1n) is 6.58. The summed E-state index contributed by atoms with van der Waals surface area (Å²) in [6, 6.07) is 5.88. The van der Waals surface area contributed by atoms with Crippen LogP contribution in [0.1, 0.15) is 35.6 Å². The number of aryl methyl sites for hydroxylation is 1. The Balaban J connectivity index is 2.58. The lowest BCUT2D eigenvalue weighted by molar-refractivity contribution is -0.384. The number of carboxylic acids is 1. The third kappa shape index (κ3) is 2.62. The van der Waals surface area contributed by atoms with Gasteiger partial charge in [0.1, 0.15) is 5.56 Å². The molecule has 0 radical (unpaired) electrons. The smallest absolute Gasteiger partial charge is 0.339 e. The largest absolute Gasteiger partial charge is 0.478 e. The number of nitro benzene ring substituents is 1. The molecule has 7 nitrogen and oxygen atoms in total. The van der Waals surface area contributed by atoms with E-state index in [1.807, 2.05) is 13.8 Å². The maximum Gasteiger partial charge on any atom is 0.339 e. The van der Waals surface area contributed by atoms with Crippen molar-refractivity contribution in [2.45, 2.75) is 26.7 Å². The highest BCUT2D eigenvalue weighted by Crippen LogP contribution is 2.22. The predicted molar refractivity (Wildman–Crippen MR) is 75.9 cm³/mol. The van der Waals surface area contributed by atoms with Crippen LogP contribution in [0.25, 0.3) is 5.69 Å². The van der Waals surface area contributed by atoms with Crippen molar-refractivity contribution >= 4 is 11.7 Å². The number of aromatic nitrogens is 2. The van der Waals surface area contributed by atoms with Crippen molar-refractivity contribution in [3.63, 3.8) is 0 Å². The maximum atomic E-state index is 11.4. The maximum absolute atomic E-state index is 11.4. The molecule has 2 aromatic rings. The summed E-state index contributed by atoms with van der Waals surface area (Å²) in [7, 11) is 0. The number of aromatic carboxylic acids is 1. The fourth-order valence-corrected chi connectivity index (χ4v) is 2.25. The van der Waals surface area contributed by atoms with E-state index in [2.05, 4.69) is 5.10 Å². The number of carboxylic acid groups (broad SMARTS) is 1. The molecule has 0 spiro atoms. The van der Waals surface area contributed by atoms with Gasteiger partial charge in [-0.25, -0.2) is 9.48 Å². The Kier molecular flexibility index (Phi) is 4.02. The number of rotatable bonds is 5. The van der Waals surface area contributed by atoms with Crippen LogP contribution in [0.3, 0.4) is 0 Å². The molecule has 0 bridgehead atoms. The average Bonchev–Trinajstić information content (AvgIpc) is 2.86. The molecule has 0 saturated carbocycles. The van der Waals surface area contributed by atoms with Gasteiger partial charge in [-0.2, -0.15) is 5.10 Å². The van der Waals surface area contributed by atoms with Crippen molar-refractivity contribution in [2.75, 3.05) is 0 Å². The van der Waals surface area contributed by atoms with Crippen LogP contribution < -0.4 is 0 Å². The van der Waals surface area contributed by atoms with E-state index >= 15 is 0 Å². The van der Waals surface area contributed by atoms with Crippen LogP contribution in [0.5, 0.6) is 0 Å². The number of hydrogen-bond donors (Lipinski definition) is 1. The quantitative estimate of drug-likeness (QED) is 0.673. The molecule has 0 saturated heterocycles. The van der Waals surface area contributed by atoms with Crippen molar-refractivity contribution in [3.05, 3.63) is 51.3 Å². The van der Waals surface area contributed by atoms with Crippen LogP contribution in [0.4, 0.5) is 5.69 Å². The Bertz CT molecular complexity index is 689. The lowest BCUT2D eigenvalue weighted by Crippen LogP contribution is -2.06. The molecule has 1 aromatic carbocycles. The average molecular weight is 289 g/mol. The fourth-order valence-electron chi connectivity index (χ4n) is 2.25. The monoisotopic (exact) mass is 289 g/mol. The van der Waals surface area contributed by atoms with E-state index in [0.717, 1.165) is 0 Å². The van der Waals surface area contributed by atoms with Crippen LogP contribution >= 0.6 is 0 Å². The topological polar surface area (TPSA) is 98.3 Å². The van der Waals surface area contributed by atoms with Crippen LogP contribution in [0, 0.1) is 10.1 Å². The van der Waals surface area contributed by atoms with E-state index < -0.39 is 10.9 Å². The van der Waals surface area contributed by atoms with Crippen molar-refractivity contribution < 1.29 is 14.8 Å². The molecule has 1 heterocycles. The van der Waals surface area contributed by atoms with Crippen molar-refractivity contribution in [1.29, 1.82) is 0 Å². The van der Waals surface area contributed by atoms with Gasteiger partial charge in [-0.05, 0) is 25.0 Å². The van der Waals surface area contributed by atoms with Crippen molar-refractivity contribution in [3.8, 4) is 5.69 Å². The zero-order valence-electron chi connectivity index (χ0n) is 11.7. The van der Waals surface area contributed by atoms with Crippen LogP contribution in [0.2, 0.25) is 0 Å². The predicted octanol–water partition coefficient (Wildman–Crippen LogP) is 2.60. The number of nitro groups is 1. The lowest BCUT2D eigenvalue weighted by atomic mass is 10.1. The highest BCUT2D eigenvalue weighted by molar-refractivity contribution is 5.90. The van der Waals surface area contributed by atoms with Crippen LogP contribution in [-0.4, -0.2) is 25.8 Å². The SMILES string of the molecule is CCc1nn(-c2ccc([N+](=O)[O-])cc2)c(CC)c1C(=O)O. The zero-order valence-corrected chi connectivity index (χ0v) is 11.7. The van der Waals surface area contributed by atoms with E-state index in [-0.39, 0.29) is 11.3 Å². The molecule has 0 aliphatic carbocycles. The van der Waals surface area contributed by atoms with E-state index in [1.54, 1.807) is 16.8 Å². The number of carbonyl (C=O) groups is 1. The molecule has 0 fully saturated rings. The molecular formula is C14H15N3O4. The van der Waals surface area contributed by atoms with Gasteiger partial charge in [0.15, 0.2) is 0 Å². The molecule has 0 aliphatic rings. The summed E-state index contributed by atoms with van der Waals surface area (Å²) in [5.74, 6) is -1.00. The zero-order chi connectivity index (χ0) is 15.6. The molecular weight excluding hydrogens is 274 g/mol. The van der Waals surface area contributed by atoms with Gasteiger partial charge >= 0.3 is 5.97 Å². The van der Waals surface area contributed by atoms with E-state index in [9.17, 15) is 20.0 Å². The number of non-ortho nitro benzene ring substituents is 1. The van der Waals surface area contributed by atoms with Crippen LogP contribution in [0.15, 0.2) is 24.3 Å². The molecule has 0 unspecified atom stereocenters. The Morgan fingerprint density at radius 2 is 1.90 bits per heavy atom. The highest BCUT2D eigenvalue weighted by Gasteiger charge is 2.22. The molecule has 0 amide bonds. The van der Waals surface area contributed by atoms with E-state index in [4.69, 9.17) is 0 Å². The minimum absolute atomic E-state index is 0.0156. The minimum Gasteiger partial charge on any atom is -0.478 e. The molecule has 21 heavy (non-hydrogen) atoms. The summed E-state index contributed by atoms with van der Waals surface area (Å²) in [5.41, 5.74) is 1.92.